The number of hydrogen-bond acceptors (Lipinski definition) is 5. The van der Waals surface area contributed by atoms with E-state index in [1.807, 2.05) is 7.05 Å². The van der Waals surface area contributed by atoms with Gasteiger partial charge in [0.15, 0.2) is 0 Å². The quantitative estimate of drug-likeness (QED) is 0.583. The van der Waals surface area contributed by atoms with Crippen molar-refractivity contribution in [2.45, 2.75) is 31.4 Å². The molecule has 1 aliphatic carbocycles. The molecule has 0 amide bonds. The third-order valence-electron chi connectivity index (χ3n) is 3.47. The predicted molar refractivity (Wildman–Crippen MR) is 74.7 cm³/mol. The lowest BCUT2D eigenvalue weighted by Gasteiger charge is -2.30. The number of hydrogen-bond donors (Lipinski definition) is 2. The molecule has 19 heavy (non-hydrogen) atoms. The molecule has 1 heterocycles. The first-order valence-corrected chi connectivity index (χ1v) is 8.71. The molecule has 0 spiro atoms. The maximum Gasteiger partial charge on any atom is 0.211 e. The molecular formula is C12H25N3O3S. The van der Waals surface area contributed by atoms with Crippen LogP contribution in [0.15, 0.2) is 0 Å². The molecule has 6 nitrogen and oxygen atoms in total. The summed E-state index contributed by atoms with van der Waals surface area (Å²) >= 11 is 0. The smallest absolute Gasteiger partial charge is 0.211 e. The van der Waals surface area contributed by atoms with Crippen molar-refractivity contribution in [3.63, 3.8) is 0 Å². The highest BCUT2D eigenvalue weighted by Gasteiger charge is 2.21. The SMILES string of the molecule is CN1CCOC(CNS(=O)(=O)CCCNC2CC2)C1. The average Bonchev–Trinajstić information content (AvgIpc) is 3.17. The Morgan fingerprint density at radius 3 is 2.84 bits per heavy atom. The summed E-state index contributed by atoms with van der Waals surface area (Å²) in [6, 6.07) is 0.641. The van der Waals surface area contributed by atoms with Gasteiger partial charge in [0.1, 0.15) is 0 Å². The second-order valence-corrected chi connectivity index (χ2v) is 7.43. The second-order valence-electron chi connectivity index (χ2n) is 5.50. The van der Waals surface area contributed by atoms with E-state index in [4.69, 9.17) is 4.74 Å². The van der Waals surface area contributed by atoms with Gasteiger partial charge in [0, 0.05) is 25.7 Å². The molecule has 0 aromatic carbocycles. The molecule has 0 radical (unpaired) electrons. The summed E-state index contributed by atoms with van der Waals surface area (Å²) in [5.41, 5.74) is 0. The van der Waals surface area contributed by atoms with Gasteiger partial charge in [-0.3, -0.25) is 0 Å². The molecule has 2 N–H and O–H groups in total. The van der Waals surface area contributed by atoms with Gasteiger partial charge in [-0.2, -0.15) is 0 Å². The van der Waals surface area contributed by atoms with Gasteiger partial charge < -0.3 is 15.0 Å². The van der Waals surface area contributed by atoms with Gasteiger partial charge in [0.25, 0.3) is 0 Å². The summed E-state index contributed by atoms with van der Waals surface area (Å²) in [5, 5.41) is 3.32. The predicted octanol–water partition coefficient (Wildman–Crippen LogP) is -0.621. The van der Waals surface area contributed by atoms with Gasteiger partial charge in [-0.25, -0.2) is 13.1 Å². The minimum atomic E-state index is -3.16. The van der Waals surface area contributed by atoms with Gasteiger partial charge >= 0.3 is 0 Å². The molecule has 1 saturated carbocycles. The fourth-order valence-corrected chi connectivity index (χ4v) is 3.25. The van der Waals surface area contributed by atoms with E-state index in [2.05, 4.69) is 14.9 Å². The Kier molecular flexibility index (Phi) is 5.58. The van der Waals surface area contributed by atoms with Crippen LogP contribution in [0.3, 0.4) is 0 Å². The Morgan fingerprint density at radius 1 is 1.37 bits per heavy atom. The normalized spacial score (nSPS) is 25.6. The van der Waals surface area contributed by atoms with Crippen molar-refractivity contribution >= 4 is 10.0 Å². The van der Waals surface area contributed by atoms with Gasteiger partial charge in [0.2, 0.25) is 10.0 Å². The molecule has 7 heteroatoms. The van der Waals surface area contributed by atoms with E-state index in [0.29, 0.717) is 25.6 Å². The minimum Gasteiger partial charge on any atom is -0.374 e. The van der Waals surface area contributed by atoms with Crippen molar-refractivity contribution in [1.82, 2.24) is 14.9 Å². The largest absolute Gasteiger partial charge is 0.374 e. The lowest BCUT2D eigenvalue weighted by Crippen LogP contribution is -2.46. The van der Waals surface area contributed by atoms with Gasteiger partial charge in [0.05, 0.1) is 18.5 Å². The van der Waals surface area contributed by atoms with Crippen molar-refractivity contribution in [2.24, 2.45) is 0 Å². The summed E-state index contributed by atoms with van der Waals surface area (Å²) in [5.74, 6) is 0.190. The van der Waals surface area contributed by atoms with E-state index in [1.54, 1.807) is 0 Å². The zero-order valence-electron chi connectivity index (χ0n) is 11.6. The highest BCUT2D eigenvalue weighted by atomic mass is 32.2. The van der Waals surface area contributed by atoms with Crippen LogP contribution in [-0.2, 0) is 14.8 Å². The molecule has 2 rings (SSSR count). The summed E-state index contributed by atoms with van der Waals surface area (Å²) in [6.45, 7) is 3.53. The third kappa shape index (κ3) is 6.18. The van der Waals surface area contributed by atoms with E-state index in [9.17, 15) is 8.42 Å². The molecule has 1 saturated heterocycles. The first kappa shape index (κ1) is 15.2. The topological polar surface area (TPSA) is 70.7 Å². The molecule has 112 valence electrons. The Labute approximate surface area is 115 Å². The van der Waals surface area contributed by atoms with Gasteiger partial charge in [-0.15, -0.1) is 0 Å². The molecular weight excluding hydrogens is 266 g/mol. The minimum absolute atomic E-state index is 0.0295. The van der Waals surface area contributed by atoms with E-state index >= 15 is 0 Å². The first-order chi connectivity index (χ1) is 9.05. The van der Waals surface area contributed by atoms with E-state index in [0.717, 1.165) is 19.6 Å². The average molecular weight is 291 g/mol. The van der Waals surface area contributed by atoms with Crippen molar-refractivity contribution in [3.8, 4) is 0 Å². The standard InChI is InChI=1S/C12H25N3O3S/c1-15-6-7-18-12(10-15)9-14-19(16,17)8-2-5-13-11-3-4-11/h11-14H,2-10H2,1H3. The second kappa shape index (κ2) is 6.99. The first-order valence-electron chi connectivity index (χ1n) is 7.06. The maximum absolute atomic E-state index is 11.8. The van der Waals surface area contributed by atoms with Crippen LogP contribution in [0, 0.1) is 0 Å². The Bertz CT molecular complexity index is 370. The lowest BCUT2D eigenvalue weighted by atomic mass is 10.3. The van der Waals surface area contributed by atoms with Crippen molar-refractivity contribution in [3.05, 3.63) is 0 Å². The van der Waals surface area contributed by atoms with Crippen LogP contribution in [0.25, 0.3) is 0 Å². The summed E-state index contributed by atoms with van der Waals surface area (Å²) < 4.78 is 31.8. The van der Waals surface area contributed by atoms with E-state index in [-0.39, 0.29) is 11.9 Å². The van der Waals surface area contributed by atoms with Crippen LogP contribution in [-0.4, -0.2) is 71.0 Å². The van der Waals surface area contributed by atoms with Crippen molar-refractivity contribution in [2.75, 3.05) is 45.6 Å². The number of nitrogens with one attached hydrogen (secondary N) is 2. The number of ether oxygens (including phenoxy) is 1. The number of rotatable bonds is 8. The fraction of sp³-hybridized carbons (Fsp3) is 1.00. The zero-order chi connectivity index (χ0) is 13.7. The molecule has 2 fully saturated rings. The van der Waals surface area contributed by atoms with Crippen molar-refractivity contribution in [1.29, 1.82) is 0 Å². The van der Waals surface area contributed by atoms with Crippen LogP contribution >= 0.6 is 0 Å². The van der Waals surface area contributed by atoms with Gasteiger partial charge in [-0.1, -0.05) is 0 Å². The zero-order valence-corrected chi connectivity index (χ0v) is 12.4. The number of sulfonamides is 1. The molecule has 2 aliphatic rings. The third-order valence-corrected chi connectivity index (χ3v) is 4.91. The molecule has 0 aromatic rings. The van der Waals surface area contributed by atoms with Crippen LogP contribution in [0.4, 0.5) is 0 Å². The summed E-state index contributed by atoms with van der Waals surface area (Å²) in [4.78, 5) is 2.15. The van der Waals surface area contributed by atoms with Crippen LogP contribution in [0.1, 0.15) is 19.3 Å². The molecule has 1 atom stereocenters. The molecule has 1 unspecified atom stereocenters. The monoisotopic (exact) mass is 291 g/mol. The Morgan fingerprint density at radius 2 is 2.16 bits per heavy atom. The molecule has 1 aliphatic heterocycles. The Balaban J connectivity index is 1.59. The molecule has 0 aromatic heterocycles. The van der Waals surface area contributed by atoms with E-state index < -0.39 is 10.0 Å². The lowest BCUT2D eigenvalue weighted by molar-refractivity contribution is -0.0156. The van der Waals surface area contributed by atoms with E-state index in [1.165, 1.54) is 12.8 Å². The van der Waals surface area contributed by atoms with Crippen LogP contribution < -0.4 is 10.0 Å². The molecule has 0 bridgehead atoms. The number of nitrogens with zero attached hydrogens (tertiary/aromatic N) is 1. The fourth-order valence-electron chi connectivity index (χ4n) is 2.14. The Hall–Kier alpha value is -0.210. The van der Waals surface area contributed by atoms with Crippen molar-refractivity contribution < 1.29 is 13.2 Å². The summed E-state index contributed by atoms with van der Waals surface area (Å²) in [6.07, 6.45) is 3.10. The number of likely N-dealkylation sites (N-methyl/N-ethyl adjacent to an activating group) is 1. The van der Waals surface area contributed by atoms with Crippen LogP contribution in [0.5, 0.6) is 0 Å². The maximum atomic E-state index is 11.8. The van der Waals surface area contributed by atoms with Crippen LogP contribution in [0.2, 0.25) is 0 Å². The highest BCUT2D eigenvalue weighted by Crippen LogP contribution is 2.18. The van der Waals surface area contributed by atoms with Gasteiger partial charge in [-0.05, 0) is 32.9 Å². The summed E-state index contributed by atoms with van der Waals surface area (Å²) in [7, 11) is -1.14. The number of morpholine rings is 1. The highest BCUT2D eigenvalue weighted by molar-refractivity contribution is 7.89.